The van der Waals surface area contributed by atoms with Crippen LogP contribution in [0.5, 0.6) is 5.75 Å². The highest BCUT2D eigenvalue weighted by atomic mass is 35.5. The number of aromatic nitrogens is 1. The van der Waals surface area contributed by atoms with Gasteiger partial charge in [-0.1, -0.05) is 41.9 Å². The molecule has 0 unspecified atom stereocenters. The van der Waals surface area contributed by atoms with E-state index >= 15 is 0 Å². The molecule has 29 heavy (non-hydrogen) atoms. The van der Waals surface area contributed by atoms with E-state index < -0.39 is 11.7 Å². The van der Waals surface area contributed by atoms with E-state index in [1.54, 1.807) is 51.1 Å². The summed E-state index contributed by atoms with van der Waals surface area (Å²) in [5, 5.41) is 4.41. The minimum atomic E-state index is -0.570. The molecule has 2 N–H and O–H groups in total. The largest absolute Gasteiger partial charge is 0.489 e. The molecule has 0 fully saturated rings. The third-order valence-electron chi connectivity index (χ3n) is 4.01. The number of pyridine rings is 1. The molecule has 0 radical (unpaired) electrons. The van der Waals surface area contributed by atoms with E-state index in [1.807, 2.05) is 18.2 Å². The monoisotopic (exact) mass is 414 g/mol. The first kappa shape index (κ1) is 20.7. The summed E-state index contributed by atoms with van der Waals surface area (Å²) in [5.74, 6) is 0.522. The molecule has 0 aliphatic rings. The number of carbonyl (C=O) groups is 1. The van der Waals surface area contributed by atoms with E-state index in [2.05, 4.69) is 10.3 Å². The van der Waals surface area contributed by atoms with Crippen LogP contribution in [0.15, 0.2) is 53.3 Å². The van der Waals surface area contributed by atoms with E-state index in [1.165, 1.54) is 0 Å². The van der Waals surface area contributed by atoms with Crippen LogP contribution in [0.4, 0.5) is 4.79 Å². The SMILES string of the molecule is CC(C)(C)OC(=O)NCCOc1c(-c2cccc(Cl)c2)[nH]c(=O)c2ccccc12. The molecule has 0 aliphatic carbocycles. The van der Waals surface area contributed by atoms with Gasteiger partial charge in [0.25, 0.3) is 5.56 Å². The molecule has 0 spiro atoms. The van der Waals surface area contributed by atoms with Gasteiger partial charge in [-0.25, -0.2) is 4.79 Å². The maximum Gasteiger partial charge on any atom is 0.407 e. The molecule has 1 amide bonds. The van der Waals surface area contributed by atoms with Crippen LogP contribution in [-0.2, 0) is 4.74 Å². The fourth-order valence-corrected chi connectivity index (χ4v) is 3.06. The zero-order chi connectivity index (χ0) is 21.0. The van der Waals surface area contributed by atoms with Gasteiger partial charge < -0.3 is 19.8 Å². The van der Waals surface area contributed by atoms with Gasteiger partial charge in [0, 0.05) is 16.0 Å². The Kier molecular flexibility index (Phi) is 6.13. The normalized spacial score (nSPS) is 11.3. The molecule has 1 heterocycles. The van der Waals surface area contributed by atoms with Crippen LogP contribution in [0.2, 0.25) is 5.02 Å². The molecule has 7 heteroatoms. The van der Waals surface area contributed by atoms with Gasteiger partial charge >= 0.3 is 6.09 Å². The fraction of sp³-hybridized carbons (Fsp3) is 0.273. The Morgan fingerprint density at radius 3 is 2.52 bits per heavy atom. The maximum atomic E-state index is 12.5. The van der Waals surface area contributed by atoms with Crippen LogP contribution in [-0.4, -0.2) is 29.8 Å². The van der Waals surface area contributed by atoms with E-state index in [4.69, 9.17) is 21.1 Å². The third-order valence-corrected chi connectivity index (χ3v) is 4.25. The van der Waals surface area contributed by atoms with Crippen molar-refractivity contribution in [3.8, 4) is 17.0 Å². The summed E-state index contributed by atoms with van der Waals surface area (Å²) >= 11 is 6.13. The van der Waals surface area contributed by atoms with E-state index in [9.17, 15) is 9.59 Å². The second-order valence-electron chi connectivity index (χ2n) is 7.49. The molecule has 0 saturated heterocycles. The molecule has 0 bridgehead atoms. The van der Waals surface area contributed by atoms with E-state index in [-0.39, 0.29) is 18.7 Å². The quantitative estimate of drug-likeness (QED) is 0.590. The van der Waals surface area contributed by atoms with Crippen molar-refractivity contribution in [1.29, 1.82) is 0 Å². The number of amides is 1. The van der Waals surface area contributed by atoms with Crippen molar-refractivity contribution in [2.45, 2.75) is 26.4 Å². The molecule has 2 aromatic carbocycles. The lowest BCUT2D eigenvalue weighted by atomic mass is 10.1. The van der Waals surface area contributed by atoms with Crippen molar-refractivity contribution in [1.82, 2.24) is 10.3 Å². The van der Waals surface area contributed by atoms with Crippen molar-refractivity contribution in [2.75, 3.05) is 13.2 Å². The number of H-pyrrole nitrogens is 1. The summed E-state index contributed by atoms with van der Waals surface area (Å²) in [5.41, 5.74) is 0.485. The highest BCUT2D eigenvalue weighted by molar-refractivity contribution is 6.30. The molecular formula is C22H23ClN2O4. The number of hydrogen-bond acceptors (Lipinski definition) is 4. The molecule has 0 aliphatic heterocycles. The van der Waals surface area contributed by atoms with Gasteiger partial charge in [-0.15, -0.1) is 0 Å². The van der Waals surface area contributed by atoms with Crippen molar-refractivity contribution < 1.29 is 14.3 Å². The number of rotatable bonds is 5. The van der Waals surface area contributed by atoms with Crippen molar-refractivity contribution in [2.24, 2.45) is 0 Å². The average molecular weight is 415 g/mol. The minimum absolute atomic E-state index is 0.197. The Morgan fingerprint density at radius 1 is 1.10 bits per heavy atom. The smallest absolute Gasteiger partial charge is 0.407 e. The predicted octanol–water partition coefficient (Wildman–Crippen LogP) is 4.75. The third kappa shape index (κ3) is 5.29. The maximum absolute atomic E-state index is 12.5. The van der Waals surface area contributed by atoms with Crippen LogP contribution in [0.3, 0.4) is 0 Å². The van der Waals surface area contributed by atoms with Gasteiger partial charge in [0.15, 0.2) is 5.75 Å². The zero-order valence-electron chi connectivity index (χ0n) is 16.5. The van der Waals surface area contributed by atoms with Gasteiger partial charge in [0.05, 0.1) is 17.6 Å². The molecule has 0 saturated carbocycles. The molecule has 3 rings (SSSR count). The Hall–Kier alpha value is -2.99. The standard InChI is InChI=1S/C22H23ClN2O4/c1-22(2,3)29-21(27)24-11-12-28-19-16-9-4-5-10-17(16)20(26)25-18(19)14-7-6-8-15(23)13-14/h4-10,13H,11-12H2,1-3H3,(H,24,27)(H,25,26). The highest BCUT2D eigenvalue weighted by Gasteiger charge is 2.17. The molecule has 152 valence electrons. The molecule has 3 aromatic rings. The van der Waals surface area contributed by atoms with Crippen LogP contribution >= 0.6 is 11.6 Å². The van der Waals surface area contributed by atoms with Crippen molar-refractivity contribution >= 4 is 28.5 Å². The summed E-state index contributed by atoms with van der Waals surface area (Å²) in [6, 6.07) is 14.4. The lowest BCUT2D eigenvalue weighted by molar-refractivity contribution is 0.0520. The number of alkyl carbamates (subject to hydrolysis) is 1. The van der Waals surface area contributed by atoms with Gasteiger partial charge in [-0.2, -0.15) is 0 Å². The van der Waals surface area contributed by atoms with Crippen LogP contribution in [0.25, 0.3) is 22.0 Å². The van der Waals surface area contributed by atoms with Gasteiger partial charge in [0.1, 0.15) is 12.2 Å². The first-order valence-electron chi connectivity index (χ1n) is 9.25. The summed E-state index contributed by atoms with van der Waals surface area (Å²) in [6.07, 6.45) is -0.512. The molecule has 0 atom stereocenters. The number of benzene rings is 2. The Balaban J connectivity index is 1.87. The molecule has 6 nitrogen and oxygen atoms in total. The fourth-order valence-electron chi connectivity index (χ4n) is 2.87. The summed E-state index contributed by atoms with van der Waals surface area (Å²) in [7, 11) is 0. The summed E-state index contributed by atoms with van der Waals surface area (Å²) in [6.45, 7) is 5.84. The number of carbonyl (C=O) groups excluding carboxylic acids is 1. The lowest BCUT2D eigenvalue weighted by Crippen LogP contribution is -2.34. The average Bonchev–Trinajstić information content (AvgIpc) is 2.65. The predicted molar refractivity (Wildman–Crippen MR) is 115 cm³/mol. The van der Waals surface area contributed by atoms with Gasteiger partial charge in [0.2, 0.25) is 0 Å². The second kappa shape index (κ2) is 8.57. The Morgan fingerprint density at radius 2 is 1.83 bits per heavy atom. The number of nitrogens with one attached hydrogen (secondary N) is 2. The minimum Gasteiger partial charge on any atom is -0.489 e. The van der Waals surface area contributed by atoms with E-state index in [0.29, 0.717) is 27.2 Å². The first-order valence-corrected chi connectivity index (χ1v) is 9.63. The molecular weight excluding hydrogens is 392 g/mol. The van der Waals surface area contributed by atoms with Gasteiger partial charge in [-0.3, -0.25) is 4.79 Å². The first-order chi connectivity index (χ1) is 13.7. The molecule has 1 aromatic heterocycles. The number of ether oxygens (including phenoxy) is 2. The topological polar surface area (TPSA) is 80.4 Å². The van der Waals surface area contributed by atoms with Crippen LogP contribution in [0, 0.1) is 0 Å². The van der Waals surface area contributed by atoms with Crippen LogP contribution in [0.1, 0.15) is 20.8 Å². The van der Waals surface area contributed by atoms with Crippen molar-refractivity contribution in [3.05, 3.63) is 63.9 Å². The van der Waals surface area contributed by atoms with Crippen LogP contribution < -0.4 is 15.6 Å². The Labute approximate surface area is 173 Å². The number of aromatic amines is 1. The Bertz CT molecular complexity index is 1090. The highest BCUT2D eigenvalue weighted by Crippen LogP contribution is 2.34. The summed E-state index contributed by atoms with van der Waals surface area (Å²) in [4.78, 5) is 27.2. The van der Waals surface area contributed by atoms with E-state index in [0.717, 1.165) is 5.56 Å². The van der Waals surface area contributed by atoms with Crippen molar-refractivity contribution in [3.63, 3.8) is 0 Å². The summed E-state index contributed by atoms with van der Waals surface area (Å²) < 4.78 is 11.2. The second-order valence-corrected chi connectivity index (χ2v) is 7.93. The lowest BCUT2D eigenvalue weighted by Gasteiger charge is -2.20. The number of fused-ring (bicyclic) bond motifs is 1. The zero-order valence-corrected chi connectivity index (χ0v) is 17.3. The van der Waals surface area contributed by atoms with Gasteiger partial charge in [-0.05, 0) is 39.0 Å². The number of hydrogen-bond donors (Lipinski definition) is 2. The number of halogens is 1.